The van der Waals surface area contributed by atoms with E-state index in [9.17, 15) is 4.79 Å². The number of carbonyl (C=O) groups excluding carboxylic acids is 1. The van der Waals surface area contributed by atoms with E-state index in [0.29, 0.717) is 13.2 Å². The molecule has 5 nitrogen and oxygen atoms in total. The highest BCUT2D eigenvalue weighted by Crippen LogP contribution is 2.40. The molecular weight excluding hydrogens is 246 g/mol. The Bertz CT molecular complexity index is 332. The van der Waals surface area contributed by atoms with E-state index in [4.69, 9.17) is 14.2 Å². The molecule has 0 atom stereocenters. The molecule has 1 N–H and O–H groups in total. The first kappa shape index (κ1) is 14.6. The van der Waals surface area contributed by atoms with E-state index in [1.54, 1.807) is 0 Å². The normalized spacial score (nSPS) is 25.3. The minimum absolute atomic E-state index is 0.233. The van der Waals surface area contributed by atoms with Crippen LogP contribution in [0.15, 0.2) is 0 Å². The molecule has 0 aromatic heterocycles. The van der Waals surface area contributed by atoms with Gasteiger partial charge in [-0.2, -0.15) is 0 Å². The van der Waals surface area contributed by atoms with Crippen molar-refractivity contribution in [2.45, 2.75) is 70.3 Å². The van der Waals surface area contributed by atoms with Crippen LogP contribution in [0.5, 0.6) is 0 Å². The molecule has 2 fully saturated rings. The number of hydrogen-bond donors (Lipinski definition) is 1. The van der Waals surface area contributed by atoms with Crippen molar-refractivity contribution in [2.75, 3.05) is 13.2 Å². The van der Waals surface area contributed by atoms with Crippen molar-refractivity contribution < 1.29 is 19.0 Å². The fraction of sp³-hybridized carbons (Fsp3) is 0.929. The van der Waals surface area contributed by atoms with Crippen molar-refractivity contribution in [2.24, 2.45) is 0 Å². The summed E-state index contributed by atoms with van der Waals surface area (Å²) in [6, 6.07) is 0. The van der Waals surface area contributed by atoms with E-state index in [1.807, 2.05) is 20.8 Å². The minimum atomic E-state index is -0.464. The third-order valence-electron chi connectivity index (χ3n) is 3.73. The smallest absolute Gasteiger partial charge is 0.408 e. The van der Waals surface area contributed by atoms with Gasteiger partial charge in [0, 0.05) is 18.4 Å². The number of amides is 1. The second-order valence-corrected chi connectivity index (χ2v) is 6.80. The van der Waals surface area contributed by atoms with Gasteiger partial charge in [-0.3, -0.25) is 0 Å². The zero-order chi connectivity index (χ0) is 14.1. The van der Waals surface area contributed by atoms with E-state index in [-0.39, 0.29) is 11.6 Å². The van der Waals surface area contributed by atoms with Crippen LogP contribution < -0.4 is 5.32 Å². The van der Waals surface area contributed by atoms with Gasteiger partial charge in [0.1, 0.15) is 5.60 Å². The Morgan fingerprint density at radius 1 is 1.11 bits per heavy atom. The molecule has 1 spiro atoms. The molecule has 0 bridgehead atoms. The van der Waals surface area contributed by atoms with Crippen molar-refractivity contribution >= 4 is 6.09 Å². The number of nitrogens with one attached hydrogen (secondary N) is 1. The highest BCUT2D eigenvalue weighted by atomic mass is 16.7. The third kappa shape index (κ3) is 3.83. The lowest BCUT2D eigenvalue weighted by Crippen LogP contribution is -2.53. The average Bonchev–Trinajstić information content (AvgIpc) is 2.69. The van der Waals surface area contributed by atoms with E-state index in [0.717, 1.165) is 25.7 Å². The van der Waals surface area contributed by atoms with Gasteiger partial charge in [-0.15, -0.1) is 0 Å². The van der Waals surface area contributed by atoms with E-state index >= 15 is 0 Å². The standard InChI is InChI=1S/C14H25NO4/c1-12(2,3)19-11(16)15-13(4)5-7-14(8-6-13)17-9-10-18-14/h5-10H2,1-4H3,(H,15,16). The van der Waals surface area contributed by atoms with Gasteiger partial charge in [-0.05, 0) is 40.5 Å². The number of hydrogen-bond acceptors (Lipinski definition) is 4. The van der Waals surface area contributed by atoms with E-state index in [2.05, 4.69) is 12.2 Å². The number of alkyl carbamates (subject to hydrolysis) is 1. The molecule has 1 aliphatic carbocycles. The van der Waals surface area contributed by atoms with Crippen molar-refractivity contribution in [1.29, 1.82) is 0 Å². The maximum absolute atomic E-state index is 11.8. The lowest BCUT2D eigenvalue weighted by molar-refractivity contribution is -0.185. The van der Waals surface area contributed by atoms with Gasteiger partial charge in [0.05, 0.1) is 13.2 Å². The zero-order valence-corrected chi connectivity index (χ0v) is 12.4. The molecule has 19 heavy (non-hydrogen) atoms. The maximum atomic E-state index is 11.8. The van der Waals surface area contributed by atoms with Gasteiger partial charge >= 0.3 is 6.09 Å². The first-order chi connectivity index (χ1) is 8.72. The summed E-state index contributed by atoms with van der Waals surface area (Å²) in [4.78, 5) is 11.8. The van der Waals surface area contributed by atoms with Crippen molar-refractivity contribution in [3.05, 3.63) is 0 Å². The fourth-order valence-electron chi connectivity index (χ4n) is 2.64. The lowest BCUT2D eigenvalue weighted by atomic mass is 9.80. The molecule has 110 valence electrons. The highest BCUT2D eigenvalue weighted by molar-refractivity contribution is 5.68. The molecule has 1 aliphatic heterocycles. The first-order valence-corrected chi connectivity index (χ1v) is 7.01. The summed E-state index contributed by atoms with van der Waals surface area (Å²) >= 11 is 0. The van der Waals surface area contributed by atoms with Crippen LogP contribution in [0.3, 0.4) is 0 Å². The van der Waals surface area contributed by atoms with Crippen LogP contribution >= 0.6 is 0 Å². The Balaban J connectivity index is 1.86. The number of carbonyl (C=O) groups is 1. The van der Waals surface area contributed by atoms with Crippen LogP contribution in [0, 0.1) is 0 Å². The predicted molar refractivity (Wildman–Crippen MR) is 70.9 cm³/mol. The fourth-order valence-corrected chi connectivity index (χ4v) is 2.64. The van der Waals surface area contributed by atoms with Gasteiger partial charge in [0.15, 0.2) is 5.79 Å². The molecule has 1 amide bonds. The van der Waals surface area contributed by atoms with Gasteiger partial charge < -0.3 is 19.5 Å². The van der Waals surface area contributed by atoms with Crippen LogP contribution in [0.2, 0.25) is 0 Å². The van der Waals surface area contributed by atoms with Crippen LogP contribution in [0.4, 0.5) is 4.79 Å². The predicted octanol–water partition coefficient (Wildman–Crippen LogP) is 2.59. The molecule has 0 radical (unpaired) electrons. The summed E-state index contributed by atoms with van der Waals surface area (Å²) in [7, 11) is 0. The molecule has 0 aromatic rings. The summed E-state index contributed by atoms with van der Waals surface area (Å²) in [5, 5.41) is 2.99. The summed E-state index contributed by atoms with van der Waals surface area (Å²) in [6.45, 7) is 9.01. The van der Waals surface area contributed by atoms with Gasteiger partial charge in [0.25, 0.3) is 0 Å². The molecule has 0 unspecified atom stereocenters. The molecule has 5 heteroatoms. The summed E-state index contributed by atoms with van der Waals surface area (Å²) in [5.41, 5.74) is -0.698. The summed E-state index contributed by atoms with van der Waals surface area (Å²) in [6.07, 6.45) is 2.97. The number of ether oxygens (including phenoxy) is 3. The molecule has 1 saturated carbocycles. The quantitative estimate of drug-likeness (QED) is 0.796. The Hall–Kier alpha value is -0.810. The van der Waals surface area contributed by atoms with Gasteiger partial charge in [-0.1, -0.05) is 0 Å². The summed E-state index contributed by atoms with van der Waals surface area (Å²) < 4.78 is 16.7. The van der Waals surface area contributed by atoms with E-state index < -0.39 is 11.4 Å². The second-order valence-electron chi connectivity index (χ2n) is 6.80. The molecule has 1 heterocycles. The molecular formula is C14H25NO4. The Labute approximate surface area is 115 Å². The Kier molecular flexibility index (Phi) is 3.80. The molecule has 0 aromatic carbocycles. The average molecular weight is 271 g/mol. The molecule has 1 saturated heterocycles. The lowest BCUT2D eigenvalue weighted by Gasteiger charge is -2.42. The number of rotatable bonds is 1. The monoisotopic (exact) mass is 271 g/mol. The zero-order valence-electron chi connectivity index (χ0n) is 12.4. The van der Waals surface area contributed by atoms with Crippen LogP contribution in [0.1, 0.15) is 53.4 Å². The van der Waals surface area contributed by atoms with Gasteiger partial charge in [-0.25, -0.2) is 4.79 Å². The maximum Gasteiger partial charge on any atom is 0.408 e. The Morgan fingerprint density at radius 3 is 2.11 bits per heavy atom. The largest absolute Gasteiger partial charge is 0.444 e. The van der Waals surface area contributed by atoms with E-state index in [1.165, 1.54) is 0 Å². The minimum Gasteiger partial charge on any atom is -0.444 e. The summed E-state index contributed by atoms with van der Waals surface area (Å²) in [5.74, 6) is -0.394. The highest BCUT2D eigenvalue weighted by Gasteiger charge is 2.45. The Morgan fingerprint density at radius 2 is 1.63 bits per heavy atom. The SMILES string of the molecule is CC1(NC(=O)OC(C)(C)C)CCC2(CC1)OCCO2. The first-order valence-electron chi connectivity index (χ1n) is 7.01. The van der Waals surface area contributed by atoms with Crippen LogP contribution in [-0.4, -0.2) is 36.2 Å². The molecule has 2 aliphatic rings. The second kappa shape index (κ2) is 4.94. The van der Waals surface area contributed by atoms with Crippen LogP contribution in [-0.2, 0) is 14.2 Å². The molecule has 2 rings (SSSR count). The third-order valence-corrected chi connectivity index (χ3v) is 3.73. The van der Waals surface area contributed by atoms with Crippen molar-refractivity contribution in [1.82, 2.24) is 5.32 Å². The van der Waals surface area contributed by atoms with Gasteiger partial charge in [0.2, 0.25) is 0 Å². The van der Waals surface area contributed by atoms with Crippen molar-refractivity contribution in [3.63, 3.8) is 0 Å². The van der Waals surface area contributed by atoms with Crippen LogP contribution in [0.25, 0.3) is 0 Å². The van der Waals surface area contributed by atoms with Crippen molar-refractivity contribution in [3.8, 4) is 0 Å². The topological polar surface area (TPSA) is 56.8 Å².